The first-order valence-corrected chi connectivity index (χ1v) is 9.75. The fourth-order valence-corrected chi connectivity index (χ4v) is 3.31. The van der Waals surface area contributed by atoms with Crippen LogP contribution in [0, 0.1) is 6.92 Å². The third-order valence-corrected chi connectivity index (χ3v) is 4.53. The second-order valence-corrected chi connectivity index (χ2v) is 6.84. The molecule has 3 aromatic rings. The number of fused-ring (bicyclic) bond motifs is 1. The molecule has 3 rings (SSSR count). The summed E-state index contributed by atoms with van der Waals surface area (Å²) in [6.45, 7) is 6.28. The predicted octanol–water partition coefficient (Wildman–Crippen LogP) is 1.70. The van der Waals surface area contributed by atoms with Gasteiger partial charge >= 0.3 is 64.4 Å². The largest absolute Gasteiger partial charge is 1.00 e. The number of aromatic nitrogens is 1. The molecule has 2 aromatic carbocycles. The van der Waals surface area contributed by atoms with Crippen molar-refractivity contribution in [2.24, 2.45) is 0 Å². The number of rotatable bonds is 5. The number of halogens is 3. The first kappa shape index (κ1) is 32.1. The summed E-state index contributed by atoms with van der Waals surface area (Å²) in [5.74, 6) is -0.329. The van der Waals surface area contributed by atoms with Crippen molar-refractivity contribution >= 4 is 22.8 Å². The summed E-state index contributed by atoms with van der Waals surface area (Å²) in [5, 5.41) is 12.3. The van der Waals surface area contributed by atoms with Crippen molar-refractivity contribution in [2.75, 3.05) is 0 Å². The molecule has 0 aliphatic rings. The SMILES string of the molecule is CC.CC(=O)c1[n-]c2ccccc2c1CN(Cc1cc(C)cc(C(F)(F)F)c1)C(=O)[O-].[Rb+].[Rh]. The predicted molar refractivity (Wildman–Crippen MR) is 109 cm³/mol. The minimum atomic E-state index is -4.54. The quantitative estimate of drug-likeness (QED) is 0.322. The zero-order valence-corrected chi connectivity index (χ0v) is 25.6. The summed E-state index contributed by atoms with van der Waals surface area (Å²) in [5.41, 5.74) is 0.767. The maximum absolute atomic E-state index is 13.1. The Balaban J connectivity index is 0.00000249. The maximum atomic E-state index is 13.1. The summed E-state index contributed by atoms with van der Waals surface area (Å²) in [6, 6.07) is 10.3. The number of carbonyl (C=O) groups is 2. The number of Topliss-reactive ketones (excluding diaryl/α,β-unsaturated/α-hetero) is 1. The fraction of sp³-hybridized carbons (Fsp3) is 0.304. The van der Waals surface area contributed by atoms with E-state index in [1.165, 1.54) is 19.9 Å². The molecule has 0 aliphatic carbocycles. The van der Waals surface area contributed by atoms with Gasteiger partial charge in [-0.1, -0.05) is 55.4 Å². The second-order valence-electron chi connectivity index (χ2n) is 6.84. The van der Waals surface area contributed by atoms with E-state index >= 15 is 0 Å². The minimum Gasteiger partial charge on any atom is -0.654 e. The third kappa shape index (κ3) is 8.39. The molecule has 33 heavy (non-hydrogen) atoms. The summed E-state index contributed by atoms with van der Waals surface area (Å²) >= 11 is 0. The summed E-state index contributed by atoms with van der Waals surface area (Å²) in [7, 11) is 0. The van der Waals surface area contributed by atoms with Crippen LogP contribution < -0.4 is 68.3 Å². The average molecular weight is 621 g/mol. The summed E-state index contributed by atoms with van der Waals surface area (Å²) in [4.78, 5) is 28.8. The van der Waals surface area contributed by atoms with Crippen molar-refractivity contribution in [3.63, 3.8) is 0 Å². The summed E-state index contributed by atoms with van der Waals surface area (Å²) in [6.07, 6.45) is -6.10. The van der Waals surface area contributed by atoms with E-state index in [2.05, 4.69) is 4.98 Å². The van der Waals surface area contributed by atoms with Crippen LogP contribution in [0.2, 0.25) is 0 Å². The molecule has 175 valence electrons. The van der Waals surface area contributed by atoms with Gasteiger partial charge in [-0.3, -0.25) is 4.79 Å². The third-order valence-electron chi connectivity index (χ3n) is 4.53. The monoisotopic (exact) mass is 620 g/mol. The molecule has 0 saturated heterocycles. The van der Waals surface area contributed by atoms with Crippen LogP contribution in [0.4, 0.5) is 18.0 Å². The van der Waals surface area contributed by atoms with E-state index in [-0.39, 0.29) is 108 Å². The number of aryl methyl sites for hydroxylation is 1. The van der Waals surface area contributed by atoms with Crippen LogP contribution in [0.3, 0.4) is 0 Å². The van der Waals surface area contributed by atoms with Gasteiger partial charge in [-0.05, 0) is 42.5 Å². The molecule has 0 aliphatic heterocycles. The van der Waals surface area contributed by atoms with E-state index in [1.807, 2.05) is 13.8 Å². The Kier molecular flexibility index (Phi) is 13.5. The van der Waals surface area contributed by atoms with Gasteiger partial charge in [-0.25, -0.2) is 0 Å². The average Bonchev–Trinajstić information content (AvgIpc) is 3.07. The van der Waals surface area contributed by atoms with Crippen molar-refractivity contribution in [3.05, 3.63) is 70.4 Å². The Morgan fingerprint density at radius 3 is 2.21 bits per heavy atom. The van der Waals surface area contributed by atoms with Crippen LogP contribution in [0.1, 0.15) is 53.5 Å². The zero-order valence-electron chi connectivity index (χ0n) is 19.0. The van der Waals surface area contributed by atoms with Gasteiger partial charge in [-0.15, -0.1) is 5.52 Å². The number of hydrogen-bond acceptors (Lipinski definition) is 3. The van der Waals surface area contributed by atoms with Gasteiger partial charge in [0.2, 0.25) is 0 Å². The van der Waals surface area contributed by atoms with Gasteiger partial charge in [0.15, 0.2) is 0 Å². The van der Waals surface area contributed by atoms with Gasteiger partial charge < -0.3 is 19.8 Å². The number of ketones is 1. The van der Waals surface area contributed by atoms with E-state index in [0.29, 0.717) is 22.0 Å². The maximum Gasteiger partial charge on any atom is 1.00 e. The molecule has 1 heterocycles. The van der Waals surface area contributed by atoms with Gasteiger partial charge in [0.1, 0.15) is 11.9 Å². The Bertz CT molecular complexity index is 1100. The topological polar surface area (TPSA) is 74.5 Å². The number of carboxylic acid groups (broad SMARTS) is 1. The molecular formula is C23H23F3N2O3RbRh-. The normalized spacial score (nSPS) is 10.4. The van der Waals surface area contributed by atoms with Gasteiger partial charge in [0, 0.05) is 32.6 Å². The van der Waals surface area contributed by atoms with Crippen molar-refractivity contribution in [2.45, 2.75) is 47.0 Å². The standard InChI is InChI=1S/C21H19F3N2O3.C2H6.Rb.Rh/c1-12-7-14(9-15(8-12)21(22,23)24)10-26(20(28)29)11-17-16-5-3-4-6-18(16)25-19(17)13(2)27;1-2;;/h3-9H,10-11H2,1-2H3,(H2,25,27,28,29);1-2H3;;/q;;+1;/p-2. The molecule has 0 spiro atoms. The van der Waals surface area contributed by atoms with E-state index in [1.54, 1.807) is 24.3 Å². The number of amides is 1. The molecule has 0 bridgehead atoms. The van der Waals surface area contributed by atoms with Crippen molar-refractivity contribution in [1.82, 2.24) is 9.88 Å². The number of hydrogen-bond donors (Lipinski definition) is 0. The molecular weight excluding hydrogens is 598 g/mol. The number of carbonyl (C=O) groups excluding carboxylic acids is 2. The Morgan fingerprint density at radius 2 is 1.67 bits per heavy atom. The minimum absolute atomic E-state index is 0. The van der Waals surface area contributed by atoms with Crippen LogP contribution in [-0.4, -0.2) is 16.8 Å². The first-order valence-electron chi connectivity index (χ1n) is 9.75. The van der Waals surface area contributed by atoms with E-state index in [9.17, 15) is 27.9 Å². The molecule has 0 N–H and O–H groups in total. The Hall–Kier alpha value is -0.861. The van der Waals surface area contributed by atoms with Crippen LogP contribution in [0.15, 0.2) is 42.5 Å². The van der Waals surface area contributed by atoms with E-state index in [4.69, 9.17) is 0 Å². The van der Waals surface area contributed by atoms with Crippen LogP contribution >= 0.6 is 0 Å². The molecule has 1 amide bonds. The molecule has 0 saturated carbocycles. The number of benzene rings is 2. The molecule has 1 radical (unpaired) electrons. The molecule has 1 aromatic heterocycles. The van der Waals surface area contributed by atoms with Crippen LogP contribution in [0.5, 0.6) is 0 Å². The smallest absolute Gasteiger partial charge is 0.654 e. The van der Waals surface area contributed by atoms with Gasteiger partial charge in [0.05, 0.1) is 5.56 Å². The van der Waals surface area contributed by atoms with Crippen LogP contribution in [-0.2, 0) is 38.7 Å². The van der Waals surface area contributed by atoms with Crippen LogP contribution in [0.25, 0.3) is 10.9 Å². The molecule has 0 atom stereocenters. The number of nitrogens with zero attached hydrogens (tertiary/aromatic N) is 2. The fourth-order valence-electron chi connectivity index (χ4n) is 3.31. The summed E-state index contributed by atoms with van der Waals surface area (Å²) < 4.78 is 39.2. The van der Waals surface area contributed by atoms with Crippen molar-refractivity contribution in [3.8, 4) is 0 Å². The Labute approximate surface area is 252 Å². The number of para-hydroxylation sites is 1. The second kappa shape index (κ2) is 13.9. The van der Waals surface area contributed by atoms with Gasteiger partial charge in [-0.2, -0.15) is 13.2 Å². The number of alkyl halides is 3. The first-order chi connectivity index (χ1) is 14.6. The molecule has 5 nitrogen and oxygen atoms in total. The van der Waals surface area contributed by atoms with Gasteiger partial charge in [0.25, 0.3) is 0 Å². The molecule has 0 fully saturated rings. The van der Waals surface area contributed by atoms with Crippen molar-refractivity contribution in [1.29, 1.82) is 0 Å². The van der Waals surface area contributed by atoms with E-state index < -0.39 is 17.8 Å². The molecule has 10 heteroatoms. The Morgan fingerprint density at radius 1 is 1.06 bits per heavy atom. The van der Waals surface area contributed by atoms with E-state index in [0.717, 1.165) is 17.0 Å². The zero-order chi connectivity index (χ0) is 23.3. The van der Waals surface area contributed by atoms with Crippen molar-refractivity contribution < 1.29 is 106 Å². The molecule has 0 unspecified atom stereocenters.